The number of benzene rings is 3. The molecule has 1 unspecified atom stereocenters. The van der Waals surface area contributed by atoms with Gasteiger partial charge in [-0.15, -0.1) is 0 Å². The van der Waals surface area contributed by atoms with Gasteiger partial charge in [-0.2, -0.15) is 0 Å². The summed E-state index contributed by atoms with van der Waals surface area (Å²) < 4.78 is 4.86. The summed E-state index contributed by atoms with van der Waals surface area (Å²) in [6, 6.07) is 20.5. The number of hydrogen-bond acceptors (Lipinski definition) is 7. The fraction of sp³-hybridized carbons (Fsp3) is 0.281. The van der Waals surface area contributed by atoms with Gasteiger partial charge in [0, 0.05) is 55.4 Å². The number of piperazine rings is 1. The average molecular weight is 552 g/mol. The number of carbonyl (C=O) groups excluding carboxylic acids is 2. The van der Waals surface area contributed by atoms with Gasteiger partial charge in [0.15, 0.2) is 5.88 Å². The number of aromatic hydroxyl groups is 1. The Morgan fingerprint density at radius 1 is 0.976 bits per heavy atom. The third-order valence-electron chi connectivity index (χ3n) is 8.16. The Balaban J connectivity index is 1.42. The van der Waals surface area contributed by atoms with Crippen LogP contribution in [0.4, 0.5) is 11.4 Å². The summed E-state index contributed by atoms with van der Waals surface area (Å²) in [5.41, 5.74) is 5.64. The molecule has 0 bridgehead atoms. The maximum absolute atomic E-state index is 13.3. The van der Waals surface area contributed by atoms with Gasteiger partial charge < -0.3 is 24.6 Å². The fourth-order valence-corrected chi connectivity index (χ4v) is 5.85. The summed E-state index contributed by atoms with van der Waals surface area (Å²) >= 11 is 0. The molecule has 1 fully saturated rings. The standard InChI is InChI=1S/C32H33N5O4/c1-35-13-15-37(16-14-35)27-19-22-17-23(10-12-26(22)36(2)31(27)39)33-29(20-7-5-4-6-8-20)28-24-11-9-21(32(40)41-3)18-25(24)34-30(28)38/h4-12,17-18,27,34,38H,13-16,19H2,1-3H3. The lowest BCUT2D eigenvalue weighted by molar-refractivity contribution is -0.124. The van der Waals surface area contributed by atoms with Gasteiger partial charge in [-0.1, -0.05) is 36.4 Å². The van der Waals surface area contributed by atoms with Crippen LogP contribution < -0.4 is 4.90 Å². The maximum Gasteiger partial charge on any atom is 0.337 e. The van der Waals surface area contributed by atoms with Crippen molar-refractivity contribution in [3.63, 3.8) is 0 Å². The van der Waals surface area contributed by atoms with Crippen LogP contribution in [-0.4, -0.2) is 90.9 Å². The van der Waals surface area contributed by atoms with Gasteiger partial charge in [-0.3, -0.25) is 9.69 Å². The van der Waals surface area contributed by atoms with Crippen LogP contribution in [0.25, 0.3) is 10.9 Å². The van der Waals surface area contributed by atoms with Crippen LogP contribution in [0, 0.1) is 0 Å². The van der Waals surface area contributed by atoms with Crippen molar-refractivity contribution in [2.45, 2.75) is 12.5 Å². The lowest BCUT2D eigenvalue weighted by atomic mass is 9.95. The summed E-state index contributed by atoms with van der Waals surface area (Å²) in [6.45, 7) is 3.62. The Morgan fingerprint density at radius 2 is 1.73 bits per heavy atom. The molecule has 3 heterocycles. The van der Waals surface area contributed by atoms with Crippen LogP contribution in [0.2, 0.25) is 0 Å². The zero-order chi connectivity index (χ0) is 28.7. The summed E-state index contributed by atoms with van der Waals surface area (Å²) in [4.78, 5) is 39.8. The second-order valence-corrected chi connectivity index (χ2v) is 10.7. The topological polar surface area (TPSA) is 101 Å². The smallest absolute Gasteiger partial charge is 0.337 e. The molecule has 0 saturated carbocycles. The summed E-state index contributed by atoms with van der Waals surface area (Å²) in [7, 11) is 5.29. The number of nitrogens with one attached hydrogen (secondary N) is 1. The van der Waals surface area contributed by atoms with E-state index in [2.05, 4.69) is 21.8 Å². The zero-order valence-corrected chi connectivity index (χ0v) is 23.4. The SMILES string of the molecule is COC(=O)c1ccc2c(C(=Nc3ccc4c(c3)CC(N3CCN(C)CC3)C(=O)N4C)c3ccccc3)c(O)[nH]c2c1. The molecule has 41 heavy (non-hydrogen) atoms. The number of carbonyl (C=O) groups is 2. The minimum absolute atomic E-state index is 0.0389. The highest BCUT2D eigenvalue weighted by molar-refractivity contribution is 6.22. The molecule has 1 aromatic heterocycles. The first-order chi connectivity index (χ1) is 19.8. The van der Waals surface area contributed by atoms with Crippen molar-refractivity contribution in [2.24, 2.45) is 4.99 Å². The molecule has 9 heteroatoms. The van der Waals surface area contributed by atoms with Crippen LogP contribution in [-0.2, 0) is 16.0 Å². The number of aliphatic imine (C=N–C) groups is 1. The molecule has 0 spiro atoms. The van der Waals surface area contributed by atoms with Crippen molar-refractivity contribution >= 4 is 39.9 Å². The number of nitrogens with zero attached hydrogens (tertiary/aromatic N) is 4. The van der Waals surface area contributed by atoms with E-state index in [1.54, 1.807) is 23.1 Å². The van der Waals surface area contributed by atoms with Crippen molar-refractivity contribution in [3.05, 3.63) is 89.0 Å². The molecular formula is C32H33N5O4. The molecule has 0 aliphatic carbocycles. The lowest BCUT2D eigenvalue weighted by Crippen LogP contribution is -2.57. The molecule has 3 aromatic carbocycles. The molecular weight excluding hydrogens is 518 g/mol. The largest absolute Gasteiger partial charge is 0.494 e. The number of likely N-dealkylation sites (N-methyl/N-ethyl adjacent to an activating group) is 2. The summed E-state index contributed by atoms with van der Waals surface area (Å²) in [5, 5.41) is 11.8. The van der Waals surface area contributed by atoms with Crippen molar-refractivity contribution in [2.75, 3.05) is 52.3 Å². The predicted molar refractivity (Wildman–Crippen MR) is 159 cm³/mol. The molecule has 1 saturated heterocycles. The van der Waals surface area contributed by atoms with Crippen molar-refractivity contribution in [3.8, 4) is 5.88 Å². The van der Waals surface area contributed by atoms with Gasteiger partial charge in [-0.05, 0) is 49.4 Å². The van der Waals surface area contributed by atoms with Gasteiger partial charge >= 0.3 is 5.97 Å². The number of anilines is 1. The molecule has 1 atom stereocenters. The number of hydrogen-bond donors (Lipinski definition) is 2. The fourth-order valence-electron chi connectivity index (χ4n) is 5.85. The van der Waals surface area contributed by atoms with E-state index >= 15 is 0 Å². The number of esters is 1. The number of aromatic amines is 1. The predicted octanol–water partition coefficient (Wildman–Crippen LogP) is 3.96. The monoisotopic (exact) mass is 551 g/mol. The van der Waals surface area contributed by atoms with Crippen molar-refractivity contribution < 1.29 is 19.4 Å². The van der Waals surface area contributed by atoms with E-state index in [0.29, 0.717) is 28.8 Å². The first-order valence-corrected chi connectivity index (χ1v) is 13.7. The minimum atomic E-state index is -0.452. The number of H-pyrrole nitrogens is 1. The van der Waals surface area contributed by atoms with Gasteiger partial charge in [0.1, 0.15) is 0 Å². The van der Waals surface area contributed by atoms with E-state index in [9.17, 15) is 14.7 Å². The van der Waals surface area contributed by atoms with E-state index in [0.717, 1.165) is 54.1 Å². The minimum Gasteiger partial charge on any atom is -0.494 e. The molecule has 210 valence electrons. The van der Waals surface area contributed by atoms with Crippen LogP contribution >= 0.6 is 0 Å². The molecule has 4 aromatic rings. The second-order valence-electron chi connectivity index (χ2n) is 10.7. The average Bonchev–Trinajstić information content (AvgIpc) is 3.32. The highest BCUT2D eigenvalue weighted by Gasteiger charge is 2.36. The molecule has 1 amide bonds. The molecule has 2 aliphatic heterocycles. The first kappa shape index (κ1) is 26.7. The number of amides is 1. The van der Waals surface area contributed by atoms with E-state index in [-0.39, 0.29) is 17.8 Å². The molecule has 2 aliphatic rings. The number of methoxy groups -OCH3 is 1. The highest BCUT2D eigenvalue weighted by atomic mass is 16.5. The third kappa shape index (κ3) is 4.98. The van der Waals surface area contributed by atoms with E-state index in [4.69, 9.17) is 9.73 Å². The number of aromatic nitrogens is 1. The van der Waals surface area contributed by atoms with Crippen LogP contribution in [0.1, 0.15) is 27.0 Å². The Kier molecular flexibility index (Phi) is 7.07. The Bertz CT molecular complexity index is 1650. The maximum atomic E-state index is 13.3. The lowest BCUT2D eigenvalue weighted by Gasteiger charge is -2.41. The summed E-state index contributed by atoms with van der Waals surface area (Å²) in [6.07, 6.45) is 0.626. The van der Waals surface area contributed by atoms with Crippen LogP contribution in [0.3, 0.4) is 0 Å². The number of fused-ring (bicyclic) bond motifs is 2. The normalized spacial score (nSPS) is 18.5. The molecule has 0 radical (unpaired) electrons. The Hall–Kier alpha value is -4.47. The van der Waals surface area contributed by atoms with Gasteiger partial charge in [0.05, 0.1) is 35.7 Å². The molecule has 9 nitrogen and oxygen atoms in total. The van der Waals surface area contributed by atoms with E-state index < -0.39 is 5.97 Å². The van der Waals surface area contributed by atoms with Gasteiger partial charge in [0.2, 0.25) is 5.91 Å². The second kappa shape index (κ2) is 10.8. The third-order valence-corrected chi connectivity index (χ3v) is 8.16. The quantitative estimate of drug-likeness (QED) is 0.288. The Labute approximate surface area is 238 Å². The van der Waals surface area contributed by atoms with Gasteiger partial charge in [-0.25, -0.2) is 9.79 Å². The number of ether oxygens (including phenoxy) is 1. The molecule has 6 rings (SSSR count). The van der Waals surface area contributed by atoms with Crippen LogP contribution in [0.5, 0.6) is 5.88 Å². The van der Waals surface area contributed by atoms with E-state index in [1.165, 1.54) is 7.11 Å². The highest BCUT2D eigenvalue weighted by Crippen LogP contribution is 2.35. The van der Waals surface area contributed by atoms with Crippen molar-refractivity contribution in [1.82, 2.24) is 14.8 Å². The number of rotatable bonds is 5. The van der Waals surface area contributed by atoms with Gasteiger partial charge in [0.25, 0.3) is 0 Å². The molecule has 2 N–H and O–H groups in total. The Morgan fingerprint density at radius 3 is 2.46 bits per heavy atom. The zero-order valence-electron chi connectivity index (χ0n) is 23.4. The summed E-state index contributed by atoms with van der Waals surface area (Å²) in [5.74, 6) is -0.367. The van der Waals surface area contributed by atoms with E-state index in [1.807, 2.05) is 55.6 Å². The van der Waals surface area contributed by atoms with Crippen LogP contribution in [0.15, 0.2) is 71.7 Å². The van der Waals surface area contributed by atoms with Crippen molar-refractivity contribution in [1.29, 1.82) is 0 Å². The first-order valence-electron chi connectivity index (χ1n) is 13.7.